The maximum absolute atomic E-state index is 12.0. The summed E-state index contributed by atoms with van der Waals surface area (Å²) >= 11 is 3.09. The molecule has 0 spiro atoms. The summed E-state index contributed by atoms with van der Waals surface area (Å²) in [5.41, 5.74) is 0.598. The topological polar surface area (TPSA) is 49.7 Å². The third-order valence-electron chi connectivity index (χ3n) is 1.95. The molecular weight excluding hydrogens is 305 g/mol. The number of halogens is 4. The predicted octanol–water partition coefficient (Wildman–Crippen LogP) is 2.24. The molecule has 1 rings (SSSR count). The van der Waals surface area contributed by atoms with Crippen LogP contribution >= 0.6 is 15.9 Å². The van der Waals surface area contributed by atoms with Gasteiger partial charge in [0, 0.05) is 0 Å². The van der Waals surface area contributed by atoms with Gasteiger partial charge in [0.15, 0.2) is 6.10 Å². The van der Waals surface area contributed by atoms with E-state index >= 15 is 0 Å². The van der Waals surface area contributed by atoms with Crippen LogP contribution in [0.25, 0.3) is 0 Å². The smallest absolute Gasteiger partial charge is 0.417 e. The van der Waals surface area contributed by atoms with E-state index in [1.54, 1.807) is 0 Å². The van der Waals surface area contributed by atoms with E-state index in [2.05, 4.69) is 15.9 Å². The molecule has 96 valence electrons. The van der Waals surface area contributed by atoms with Crippen LogP contribution in [0.2, 0.25) is 0 Å². The van der Waals surface area contributed by atoms with Crippen LogP contribution in [0.15, 0.2) is 22.7 Å². The van der Waals surface area contributed by atoms with Gasteiger partial charge in [0.25, 0.3) is 0 Å². The maximum atomic E-state index is 12.0. The molecule has 2 N–H and O–H groups in total. The lowest BCUT2D eigenvalue weighted by molar-refractivity contribution is -0.210. The van der Waals surface area contributed by atoms with Crippen molar-refractivity contribution in [2.75, 3.05) is 6.61 Å². The van der Waals surface area contributed by atoms with E-state index in [4.69, 9.17) is 14.9 Å². The molecule has 1 atom stereocenters. The van der Waals surface area contributed by atoms with E-state index in [-0.39, 0.29) is 12.4 Å². The van der Waals surface area contributed by atoms with Crippen LogP contribution in [0.1, 0.15) is 5.56 Å². The Labute approximate surface area is 104 Å². The molecule has 7 heteroatoms. The summed E-state index contributed by atoms with van der Waals surface area (Å²) in [5.74, 6) is 0.172. The van der Waals surface area contributed by atoms with Gasteiger partial charge in [-0.2, -0.15) is 13.2 Å². The Kier molecular flexibility index (Phi) is 4.79. The molecule has 1 aromatic carbocycles. The Morgan fingerprint density at radius 3 is 2.47 bits per heavy atom. The molecule has 0 aromatic heterocycles. The minimum absolute atomic E-state index is 0.172. The van der Waals surface area contributed by atoms with Crippen molar-refractivity contribution in [3.63, 3.8) is 0 Å². The second kappa shape index (κ2) is 5.70. The third kappa shape index (κ3) is 4.18. The van der Waals surface area contributed by atoms with Crippen LogP contribution in [0.4, 0.5) is 13.2 Å². The first-order chi connectivity index (χ1) is 7.84. The SMILES string of the molecule is OCc1ccc(OCC(O)C(F)(F)F)c(Br)c1. The summed E-state index contributed by atoms with van der Waals surface area (Å²) in [6, 6.07) is 4.45. The minimum Gasteiger partial charge on any atom is -0.489 e. The number of hydrogen-bond donors (Lipinski definition) is 2. The Morgan fingerprint density at radius 2 is 2.00 bits per heavy atom. The maximum Gasteiger partial charge on any atom is 0.417 e. The molecule has 0 fully saturated rings. The predicted molar refractivity (Wildman–Crippen MR) is 57.6 cm³/mol. The van der Waals surface area contributed by atoms with E-state index in [1.165, 1.54) is 18.2 Å². The quantitative estimate of drug-likeness (QED) is 0.896. The summed E-state index contributed by atoms with van der Waals surface area (Å²) in [6.45, 7) is -1.05. The molecule has 3 nitrogen and oxygen atoms in total. The molecule has 0 heterocycles. The average Bonchev–Trinajstić information content (AvgIpc) is 2.25. The Bertz CT molecular complexity index is 382. The first-order valence-electron chi connectivity index (χ1n) is 4.61. The molecule has 1 unspecified atom stereocenters. The van der Waals surface area contributed by atoms with Gasteiger partial charge in [-0.3, -0.25) is 0 Å². The highest BCUT2D eigenvalue weighted by atomic mass is 79.9. The molecule has 0 amide bonds. The average molecular weight is 315 g/mol. The van der Waals surface area contributed by atoms with Gasteiger partial charge in [0.1, 0.15) is 12.4 Å². The van der Waals surface area contributed by atoms with Crippen molar-refractivity contribution in [2.45, 2.75) is 18.9 Å². The minimum atomic E-state index is -4.70. The van der Waals surface area contributed by atoms with Crippen LogP contribution in [-0.2, 0) is 6.61 Å². The zero-order chi connectivity index (χ0) is 13.1. The molecule has 0 aliphatic rings. The summed E-state index contributed by atoms with van der Waals surface area (Å²) in [4.78, 5) is 0. The van der Waals surface area contributed by atoms with E-state index in [0.717, 1.165) is 0 Å². The molecule has 17 heavy (non-hydrogen) atoms. The lowest BCUT2D eigenvalue weighted by Crippen LogP contribution is -2.34. The molecule has 1 aromatic rings. The highest BCUT2D eigenvalue weighted by molar-refractivity contribution is 9.10. The van der Waals surface area contributed by atoms with Crippen molar-refractivity contribution in [1.82, 2.24) is 0 Å². The van der Waals surface area contributed by atoms with Gasteiger partial charge in [0.05, 0.1) is 11.1 Å². The van der Waals surface area contributed by atoms with E-state index in [9.17, 15) is 13.2 Å². The number of aliphatic hydroxyl groups excluding tert-OH is 2. The lowest BCUT2D eigenvalue weighted by atomic mass is 10.2. The zero-order valence-electron chi connectivity index (χ0n) is 8.54. The van der Waals surface area contributed by atoms with Gasteiger partial charge in [-0.15, -0.1) is 0 Å². The molecular formula is C10H10BrF3O3. The van der Waals surface area contributed by atoms with Gasteiger partial charge in [-0.25, -0.2) is 0 Å². The second-order valence-corrected chi connectivity index (χ2v) is 4.15. The van der Waals surface area contributed by atoms with Crippen molar-refractivity contribution in [2.24, 2.45) is 0 Å². The number of aliphatic hydroxyl groups is 2. The van der Waals surface area contributed by atoms with Gasteiger partial charge < -0.3 is 14.9 Å². The summed E-state index contributed by atoms with van der Waals surface area (Å²) in [6.07, 6.45) is -7.22. The van der Waals surface area contributed by atoms with Crippen molar-refractivity contribution >= 4 is 15.9 Å². The summed E-state index contributed by atoms with van der Waals surface area (Å²) < 4.78 is 41.2. The normalized spacial score (nSPS) is 13.5. The first-order valence-corrected chi connectivity index (χ1v) is 5.40. The molecule has 0 bridgehead atoms. The van der Waals surface area contributed by atoms with Crippen LogP contribution in [0, 0.1) is 0 Å². The van der Waals surface area contributed by atoms with Crippen LogP contribution in [0.5, 0.6) is 5.75 Å². The largest absolute Gasteiger partial charge is 0.489 e. The molecule has 0 aliphatic heterocycles. The van der Waals surface area contributed by atoms with Gasteiger partial charge in [-0.1, -0.05) is 6.07 Å². The van der Waals surface area contributed by atoms with E-state index in [1.807, 2.05) is 0 Å². The summed E-state index contributed by atoms with van der Waals surface area (Å²) in [7, 11) is 0. The highest BCUT2D eigenvalue weighted by Crippen LogP contribution is 2.27. The van der Waals surface area contributed by atoms with Crippen molar-refractivity contribution < 1.29 is 28.1 Å². The van der Waals surface area contributed by atoms with Crippen molar-refractivity contribution in [1.29, 1.82) is 0 Å². The number of rotatable bonds is 4. The monoisotopic (exact) mass is 314 g/mol. The van der Waals surface area contributed by atoms with E-state index < -0.39 is 18.9 Å². The van der Waals surface area contributed by atoms with E-state index in [0.29, 0.717) is 10.0 Å². The lowest BCUT2D eigenvalue weighted by Gasteiger charge is -2.16. The fraction of sp³-hybridized carbons (Fsp3) is 0.400. The molecule has 0 radical (unpaired) electrons. The number of alkyl halides is 3. The third-order valence-corrected chi connectivity index (χ3v) is 2.57. The first kappa shape index (κ1) is 14.3. The highest BCUT2D eigenvalue weighted by Gasteiger charge is 2.38. The fourth-order valence-corrected chi connectivity index (χ4v) is 1.56. The second-order valence-electron chi connectivity index (χ2n) is 3.29. The van der Waals surface area contributed by atoms with Gasteiger partial charge >= 0.3 is 6.18 Å². The van der Waals surface area contributed by atoms with Crippen molar-refractivity contribution in [3.8, 4) is 5.75 Å². The van der Waals surface area contributed by atoms with Crippen LogP contribution < -0.4 is 4.74 Å². The number of hydrogen-bond acceptors (Lipinski definition) is 3. The molecule has 0 aliphatic carbocycles. The molecule has 0 saturated carbocycles. The van der Waals surface area contributed by atoms with Gasteiger partial charge in [-0.05, 0) is 33.6 Å². The number of ether oxygens (including phenoxy) is 1. The Hall–Kier alpha value is -0.790. The molecule has 0 saturated heterocycles. The number of benzene rings is 1. The van der Waals surface area contributed by atoms with Crippen LogP contribution in [0.3, 0.4) is 0 Å². The fourth-order valence-electron chi connectivity index (χ4n) is 1.02. The van der Waals surface area contributed by atoms with Crippen molar-refractivity contribution in [3.05, 3.63) is 28.2 Å². The van der Waals surface area contributed by atoms with Crippen LogP contribution in [-0.4, -0.2) is 29.1 Å². The standard InChI is InChI=1S/C10H10BrF3O3/c11-7-3-6(4-15)1-2-8(7)17-5-9(16)10(12,13)14/h1-3,9,15-16H,4-5H2. The van der Waals surface area contributed by atoms with Gasteiger partial charge in [0.2, 0.25) is 0 Å². The summed E-state index contributed by atoms with van der Waals surface area (Å²) in [5, 5.41) is 17.6. The Morgan fingerprint density at radius 1 is 1.35 bits per heavy atom. The zero-order valence-corrected chi connectivity index (χ0v) is 10.1. The Balaban J connectivity index is 2.64.